The van der Waals surface area contributed by atoms with Gasteiger partial charge in [-0.05, 0) is 89.6 Å². The molecule has 0 heterocycles. The van der Waals surface area contributed by atoms with Gasteiger partial charge in [0.1, 0.15) is 16.3 Å². The number of sulfone groups is 2. The molecule has 0 amide bonds. The number of nitrogens with zero attached hydrogens (tertiary/aromatic N) is 6. The van der Waals surface area contributed by atoms with Gasteiger partial charge < -0.3 is 11.5 Å². The summed E-state index contributed by atoms with van der Waals surface area (Å²) in [4.78, 5) is -1.89. The van der Waals surface area contributed by atoms with E-state index >= 15 is 0 Å². The van der Waals surface area contributed by atoms with E-state index in [9.17, 15) is 59.6 Å². The minimum atomic E-state index is -5.08. The first kappa shape index (κ1) is 51.1. The number of hydrogen-bond donors (Lipinski definition) is 6. The summed E-state index contributed by atoms with van der Waals surface area (Å²) in [6.45, 7) is -1.69. The highest BCUT2D eigenvalue weighted by Crippen LogP contribution is 2.44. The predicted molar refractivity (Wildman–Crippen MR) is 241 cm³/mol. The molecular weight excluding hydrogens is 1020 g/mol. The van der Waals surface area contributed by atoms with Crippen LogP contribution in [0.1, 0.15) is 0 Å². The van der Waals surface area contributed by atoms with E-state index in [1.54, 1.807) is 0 Å². The quantitative estimate of drug-likeness (QED) is 0.0322. The number of benzene rings is 6. The molecule has 0 saturated heterocycles. The van der Waals surface area contributed by atoms with Crippen LogP contribution < -0.4 is 11.5 Å². The maximum atomic E-state index is 12.7. The largest absolute Gasteiger partial charge is 0.397 e. The maximum Gasteiger partial charge on any atom is 0.397 e. The number of fused-ring (bicyclic) bond motifs is 2. The molecule has 0 aromatic heterocycles. The van der Waals surface area contributed by atoms with Gasteiger partial charge in [-0.25, -0.2) is 25.2 Å². The summed E-state index contributed by atoms with van der Waals surface area (Å²) in [5.41, 5.74) is 10.7. The Morgan fingerprint density at radius 2 is 0.912 bits per heavy atom. The number of nitrogen functional groups attached to an aromatic ring is 2. The van der Waals surface area contributed by atoms with Gasteiger partial charge in [0.2, 0.25) is 0 Å². The van der Waals surface area contributed by atoms with Crippen LogP contribution in [0, 0.1) is 0 Å². The maximum absolute atomic E-state index is 12.7. The Morgan fingerprint density at radius 3 is 1.50 bits per heavy atom. The molecule has 26 nitrogen and oxygen atoms in total. The van der Waals surface area contributed by atoms with Crippen molar-refractivity contribution >= 4 is 128 Å². The lowest BCUT2D eigenvalue weighted by molar-refractivity contribution is 0.282. The summed E-state index contributed by atoms with van der Waals surface area (Å²) in [7, 11) is -27.7. The Morgan fingerprint density at radius 1 is 0.426 bits per heavy atom. The number of nitrogens with two attached hydrogens (primary N) is 2. The van der Waals surface area contributed by atoms with Gasteiger partial charge in [-0.15, -0.1) is 20.5 Å². The Labute approximate surface area is 386 Å². The van der Waals surface area contributed by atoms with E-state index in [1.165, 1.54) is 66.7 Å². The number of anilines is 2. The molecule has 0 aliphatic carbocycles. The van der Waals surface area contributed by atoms with Gasteiger partial charge in [0.15, 0.2) is 19.7 Å². The lowest BCUT2D eigenvalue weighted by atomic mass is 10.1. The summed E-state index contributed by atoms with van der Waals surface area (Å²) in [5.74, 6) is -1.56. The molecule has 0 bridgehead atoms. The van der Waals surface area contributed by atoms with E-state index in [4.69, 9.17) is 20.6 Å². The normalized spacial score (nSPS) is 13.4. The number of rotatable bonds is 18. The van der Waals surface area contributed by atoms with Crippen LogP contribution in [0.4, 0.5) is 45.5 Å². The molecular formula is C36H32N8O18S6. The second-order valence-electron chi connectivity index (χ2n) is 13.8. The standard InChI is InChI=1S/C36H32N8O18S6/c37-34-32(20-33(66(52,53)54)35(38)36(34)44-40-24-3-1-22-18-26(6-2-21(22)17-24)64(47,48)16-14-62-68(58,59)60)43-42-30-11-12-31(29-19-27(65(49,50)51)9-10-28(29)30)41-39-23-4-7-25(8-5-23)63(45,46)15-13-61-67(55,56)57/h1-12,17-20H,13-16,37-38H2,(H,49,50,51)(H,52,53,54)(H,55,56,57)(H,58,59,60). The summed E-state index contributed by atoms with van der Waals surface area (Å²) >= 11 is 0. The van der Waals surface area contributed by atoms with Crippen molar-refractivity contribution in [3.63, 3.8) is 0 Å². The molecule has 0 unspecified atom stereocenters. The average molecular weight is 1060 g/mol. The van der Waals surface area contributed by atoms with Gasteiger partial charge in [0.25, 0.3) is 20.2 Å². The smallest absolute Gasteiger partial charge is 0.396 e. The minimum absolute atomic E-state index is 0.00472. The fourth-order valence-electron chi connectivity index (χ4n) is 5.95. The summed E-state index contributed by atoms with van der Waals surface area (Å²) in [6.07, 6.45) is 0. The molecule has 68 heavy (non-hydrogen) atoms. The monoisotopic (exact) mass is 1060 g/mol. The van der Waals surface area contributed by atoms with E-state index in [2.05, 4.69) is 39.1 Å². The molecule has 360 valence electrons. The molecule has 0 fully saturated rings. The third-order valence-corrected chi connectivity index (χ3v) is 15.2. The third kappa shape index (κ3) is 12.8. The van der Waals surface area contributed by atoms with Crippen LogP contribution in [0.3, 0.4) is 0 Å². The van der Waals surface area contributed by atoms with Gasteiger partial charge in [0.05, 0.1) is 73.5 Å². The molecule has 0 atom stereocenters. The van der Waals surface area contributed by atoms with E-state index in [1.807, 2.05) is 0 Å². The molecule has 0 aliphatic rings. The zero-order chi connectivity index (χ0) is 50.0. The van der Waals surface area contributed by atoms with Crippen LogP contribution in [-0.4, -0.2) is 93.4 Å². The van der Waals surface area contributed by atoms with E-state index in [-0.39, 0.29) is 49.0 Å². The molecule has 6 aromatic carbocycles. The Hall–Kier alpha value is -6.30. The van der Waals surface area contributed by atoms with Crippen molar-refractivity contribution in [2.75, 3.05) is 36.2 Å². The molecule has 0 spiro atoms. The van der Waals surface area contributed by atoms with Crippen LogP contribution in [0.2, 0.25) is 0 Å². The van der Waals surface area contributed by atoms with Crippen molar-refractivity contribution in [1.82, 2.24) is 0 Å². The molecule has 0 aliphatic heterocycles. The second-order valence-corrected chi connectivity index (χ2v) is 23.0. The van der Waals surface area contributed by atoms with Crippen LogP contribution >= 0.6 is 0 Å². The fraction of sp³-hybridized carbons (Fsp3) is 0.111. The molecule has 6 aromatic rings. The Balaban J connectivity index is 1.32. The third-order valence-electron chi connectivity index (χ3n) is 9.16. The highest BCUT2D eigenvalue weighted by Gasteiger charge is 2.24. The lowest BCUT2D eigenvalue weighted by Crippen LogP contribution is -2.15. The SMILES string of the molecule is Nc1c(N=Nc2ccc(N=Nc3ccc(S(=O)(=O)CCOS(=O)(=O)O)cc3)c3cc(S(=O)(=O)O)ccc23)cc(S(=O)(=O)O)c(N)c1N=Nc1ccc2cc(S(=O)(=O)CCOS(=O)(=O)O)ccc2c1. The van der Waals surface area contributed by atoms with Gasteiger partial charge in [-0.1, -0.05) is 18.2 Å². The highest BCUT2D eigenvalue weighted by molar-refractivity contribution is 7.91. The first-order chi connectivity index (χ1) is 31.5. The van der Waals surface area contributed by atoms with Gasteiger partial charge in [-0.2, -0.15) is 43.9 Å². The topological polar surface area (TPSA) is 430 Å². The van der Waals surface area contributed by atoms with Crippen LogP contribution in [-0.2, 0) is 69.1 Å². The van der Waals surface area contributed by atoms with E-state index < -0.39 is 112 Å². The van der Waals surface area contributed by atoms with Crippen molar-refractivity contribution < 1.29 is 77.1 Å². The van der Waals surface area contributed by atoms with Crippen molar-refractivity contribution in [1.29, 1.82) is 0 Å². The molecule has 6 rings (SSSR count). The summed E-state index contributed by atoms with van der Waals surface area (Å²) in [5, 5.41) is 25.5. The predicted octanol–water partition coefficient (Wildman–Crippen LogP) is 6.08. The molecule has 8 N–H and O–H groups in total. The summed E-state index contributed by atoms with van der Waals surface area (Å²) in [6, 6.07) is 19.7. The second kappa shape index (κ2) is 19.4. The minimum Gasteiger partial charge on any atom is -0.396 e. The lowest BCUT2D eigenvalue weighted by Gasteiger charge is -2.11. The molecule has 32 heteroatoms. The Bertz CT molecular complexity index is 3800. The number of hydrogen-bond acceptors (Lipinski definition) is 22. The molecule has 0 saturated carbocycles. The zero-order valence-electron chi connectivity index (χ0n) is 33.9. The van der Waals surface area contributed by atoms with Crippen LogP contribution in [0.25, 0.3) is 21.5 Å². The summed E-state index contributed by atoms with van der Waals surface area (Å²) < 4.78 is 188. The molecule has 0 radical (unpaired) electrons. The van der Waals surface area contributed by atoms with Gasteiger partial charge >= 0.3 is 20.8 Å². The first-order valence-electron chi connectivity index (χ1n) is 18.3. The van der Waals surface area contributed by atoms with Crippen molar-refractivity contribution in [2.24, 2.45) is 30.7 Å². The van der Waals surface area contributed by atoms with Gasteiger partial charge in [-0.3, -0.25) is 18.2 Å². The van der Waals surface area contributed by atoms with Gasteiger partial charge in [0, 0.05) is 10.8 Å². The van der Waals surface area contributed by atoms with Crippen LogP contribution in [0.15, 0.2) is 147 Å². The van der Waals surface area contributed by atoms with Crippen molar-refractivity contribution in [3.05, 3.63) is 97.1 Å². The van der Waals surface area contributed by atoms with Crippen molar-refractivity contribution in [2.45, 2.75) is 19.6 Å². The highest BCUT2D eigenvalue weighted by atomic mass is 32.3. The average Bonchev–Trinajstić information content (AvgIpc) is 3.23. The van der Waals surface area contributed by atoms with E-state index in [0.29, 0.717) is 10.8 Å². The Kier molecular flexibility index (Phi) is 14.6. The van der Waals surface area contributed by atoms with Crippen LogP contribution in [0.5, 0.6) is 0 Å². The fourth-order valence-corrected chi connectivity index (χ4v) is 10.1. The zero-order valence-corrected chi connectivity index (χ0v) is 38.8. The van der Waals surface area contributed by atoms with Crippen molar-refractivity contribution in [3.8, 4) is 0 Å². The first-order valence-corrected chi connectivity index (χ1v) is 27.2. The van der Waals surface area contributed by atoms with E-state index in [0.717, 1.165) is 30.3 Å². The number of azo groups is 3.